The molecule has 0 fully saturated rings. The van der Waals surface area contributed by atoms with Crippen LogP contribution in [0.2, 0.25) is 0 Å². The lowest BCUT2D eigenvalue weighted by molar-refractivity contribution is -0.385. The average molecular weight is 369 g/mol. The third kappa shape index (κ3) is 4.69. The standard InChI is InChI=1S/C20H23N3O4/c1-13(2)22(4)20(25)16-10-8-15(9-11-16)12-21-19(24)17-6-5-7-18(14(17)3)23(26)27/h5-11,13H,12H2,1-4H3,(H,21,24). The number of nitro benzene ring substituents is 1. The summed E-state index contributed by atoms with van der Waals surface area (Å²) in [5.74, 6) is -0.441. The van der Waals surface area contributed by atoms with Crippen molar-refractivity contribution in [2.24, 2.45) is 0 Å². The highest BCUT2D eigenvalue weighted by atomic mass is 16.6. The molecule has 27 heavy (non-hydrogen) atoms. The molecule has 7 heteroatoms. The van der Waals surface area contributed by atoms with Crippen molar-refractivity contribution < 1.29 is 14.5 Å². The summed E-state index contributed by atoms with van der Waals surface area (Å²) in [5.41, 5.74) is 1.93. The molecule has 0 aromatic heterocycles. The molecule has 0 heterocycles. The molecule has 2 rings (SSSR count). The van der Waals surface area contributed by atoms with Crippen molar-refractivity contribution in [1.29, 1.82) is 0 Å². The van der Waals surface area contributed by atoms with Gasteiger partial charge in [0.25, 0.3) is 17.5 Å². The van der Waals surface area contributed by atoms with E-state index in [1.54, 1.807) is 49.2 Å². The molecule has 0 aliphatic rings. The van der Waals surface area contributed by atoms with Gasteiger partial charge in [-0.05, 0) is 44.5 Å². The Bertz CT molecular complexity index is 860. The van der Waals surface area contributed by atoms with E-state index >= 15 is 0 Å². The second-order valence-corrected chi connectivity index (χ2v) is 6.60. The summed E-state index contributed by atoms with van der Waals surface area (Å²) in [6.45, 7) is 5.70. The largest absolute Gasteiger partial charge is 0.348 e. The number of nitro groups is 1. The molecule has 142 valence electrons. The predicted molar refractivity (Wildman–Crippen MR) is 103 cm³/mol. The van der Waals surface area contributed by atoms with E-state index in [1.807, 2.05) is 13.8 Å². The van der Waals surface area contributed by atoms with Gasteiger partial charge >= 0.3 is 0 Å². The highest BCUT2D eigenvalue weighted by Gasteiger charge is 2.18. The van der Waals surface area contributed by atoms with E-state index in [2.05, 4.69) is 5.32 Å². The molecule has 0 radical (unpaired) electrons. The predicted octanol–water partition coefficient (Wildman–Crippen LogP) is 3.31. The van der Waals surface area contributed by atoms with Crippen molar-refractivity contribution in [3.63, 3.8) is 0 Å². The first-order valence-corrected chi connectivity index (χ1v) is 8.60. The minimum Gasteiger partial charge on any atom is -0.348 e. The van der Waals surface area contributed by atoms with Gasteiger partial charge in [0.1, 0.15) is 0 Å². The van der Waals surface area contributed by atoms with Crippen LogP contribution in [0.25, 0.3) is 0 Å². The number of nitrogens with zero attached hydrogens (tertiary/aromatic N) is 2. The van der Waals surface area contributed by atoms with Crippen molar-refractivity contribution in [2.75, 3.05) is 7.05 Å². The molecule has 1 N–H and O–H groups in total. The van der Waals surface area contributed by atoms with Crippen LogP contribution in [0, 0.1) is 17.0 Å². The topological polar surface area (TPSA) is 92.6 Å². The fraction of sp³-hybridized carbons (Fsp3) is 0.300. The van der Waals surface area contributed by atoms with Crippen molar-refractivity contribution in [3.8, 4) is 0 Å². The number of carbonyl (C=O) groups excluding carboxylic acids is 2. The number of hydrogen-bond acceptors (Lipinski definition) is 4. The third-order valence-electron chi connectivity index (χ3n) is 4.50. The zero-order valence-electron chi connectivity index (χ0n) is 15.9. The molecule has 7 nitrogen and oxygen atoms in total. The molecular formula is C20H23N3O4. The van der Waals surface area contributed by atoms with Crippen LogP contribution in [0.1, 0.15) is 45.7 Å². The Morgan fingerprint density at radius 3 is 2.33 bits per heavy atom. The van der Waals surface area contributed by atoms with Gasteiger partial charge in [-0.2, -0.15) is 0 Å². The maximum Gasteiger partial charge on any atom is 0.273 e. The van der Waals surface area contributed by atoms with Crippen LogP contribution in [-0.2, 0) is 6.54 Å². The first-order valence-electron chi connectivity index (χ1n) is 8.60. The van der Waals surface area contributed by atoms with Crippen LogP contribution in [0.15, 0.2) is 42.5 Å². The average Bonchev–Trinajstić information content (AvgIpc) is 2.65. The fourth-order valence-electron chi connectivity index (χ4n) is 2.55. The second kappa shape index (κ2) is 8.44. The maximum atomic E-state index is 12.4. The van der Waals surface area contributed by atoms with Crippen molar-refractivity contribution in [3.05, 3.63) is 74.8 Å². The van der Waals surface area contributed by atoms with E-state index < -0.39 is 4.92 Å². The fourth-order valence-corrected chi connectivity index (χ4v) is 2.55. The Labute approximate surface area is 158 Å². The first-order chi connectivity index (χ1) is 12.7. The lowest BCUT2D eigenvalue weighted by Gasteiger charge is -2.21. The smallest absolute Gasteiger partial charge is 0.273 e. The Morgan fingerprint density at radius 2 is 1.78 bits per heavy atom. The van der Waals surface area contributed by atoms with Gasteiger partial charge in [-0.1, -0.05) is 18.2 Å². The molecule has 0 atom stereocenters. The minimum absolute atomic E-state index is 0.0622. The molecule has 0 aliphatic heterocycles. The summed E-state index contributed by atoms with van der Waals surface area (Å²) in [5, 5.41) is 13.8. The number of amides is 2. The van der Waals surface area contributed by atoms with E-state index in [-0.39, 0.29) is 35.7 Å². The lowest BCUT2D eigenvalue weighted by Crippen LogP contribution is -2.32. The van der Waals surface area contributed by atoms with E-state index in [4.69, 9.17) is 0 Å². The zero-order chi connectivity index (χ0) is 20.1. The van der Waals surface area contributed by atoms with Crippen LogP contribution in [0.4, 0.5) is 5.69 Å². The molecule has 0 saturated heterocycles. The Morgan fingerprint density at radius 1 is 1.15 bits per heavy atom. The number of hydrogen-bond donors (Lipinski definition) is 1. The van der Waals surface area contributed by atoms with Crippen molar-refractivity contribution in [1.82, 2.24) is 10.2 Å². The minimum atomic E-state index is -0.504. The summed E-state index contributed by atoms with van der Waals surface area (Å²) < 4.78 is 0. The summed E-state index contributed by atoms with van der Waals surface area (Å²) in [6.07, 6.45) is 0. The normalized spacial score (nSPS) is 10.6. The third-order valence-corrected chi connectivity index (χ3v) is 4.50. The van der Waals surface area contributed by atoms with E-state index in [0.717, 1.165) is 5.56 Å². The maximum absolute atomic E-state index is 12.4. The summed E-state index contributed by atoms with van der Waals surface area (Å²) in [7, 11) is 1.75. The van der Waals surface area contributed by atoms with Crippen molar-refractivity contribution >= 4 is 17.5 Å². The highest BCUT2D eigenvalue weighted by molar-refractivity contribution is 5.96. The monoisotopic (exact) mass is 369 g/mol. The number of carbonyl (C=O) groups is 2. The van der Waals surface area contributed by atoms with Crippen LogP contribution >= 0.6 is 0 Å². The lowest BCUT2D eigenvalue weighted by atomic mass is 10.1. The van der Waals surface area contributed by atoms with Crippen LogP contribution in [-0.4, -0.2) is 34.7 Å². The summed E-state index contributed by atoms with van der Waals surface area (Å²) in [6, 6.07) is 11.5. The van der Waals surface area contributed by atoms with Gasteiger partial charge in [0.2, 0.25) is 0 Å². The Hall–Kier alpha value is -3.22. The van der Waals surface area contributed by atoms with Crippen LogP contribution in [0.3, 0.4) is 0 Å². The Kier molecular flexibility index (Phi) is 6.28. The van der Waals surface area contributed by atoms with Crippen LogP contribution < -0.4 is 5.32 Å². The molecule has 0 unspecified atom stereocenters. The van der Waals surface area contributed by atoms with Gasteiger partial charge in [0, 0.05) is 42.4 Å². The second-order valence-electron chi connectivity index (χ2n) is 6.60. The van der Waals surface area contributed by atoms with Gasteiger partial charge < -0.3 is 10.2 Å². The number of rotatable bonds is 6. The van der Waals surface area contributed by atoms with E-state index in [9.17, 15) is 19.7 Å². The Balaban J connectivity index is 2.05. The molecular weight excluding hydrogens is 346 g/mol. The van der Waals surface area contributed by atoms with Gasteiger partial charge in [-0.25, -0.2) is 0 Å². The van der Waals surface area contributed by atoms with Crippen molar-refractivity contribution in [2.45, 2.75) is 33.4 Å². The summed E-state index contributed by atoms with van der Waals surface area (Å²) >= 11 is 0. The zero-order valence-corrected chi connectivity index (χ0v) is 15.9. The van der Waals surface area contributed by atoms with E-state index in [0.29, 0.717) is 11.1 Å². The molecule has 2 aromatic rings. The molecule has 2 aromatic carbocycles. The molecule has 0 saturated carbocycles. The molecule has 0 aliphatic carbocycles. The summed E-state index contributed by atoms with van der Waals surface area (Å²) in [4.78, 5) is 36.8. The van der Waals surface area contributed by atoms with E-state index in [1.165, 1.54) is 12.1 Å². The molecule has 0 bridgehead atoms. The van der Waals surface area contributed by atoms with Gasteiger partial charge in [0.05, 0.1) is 4.92 Å². The number of nitrogens with one attached hydrogen (secondary N) is 1. The first kappa shape index (κ1) is 20.1. The molecule has 0 spiro atoms. The van der Waals surface area contributed by atoms with Gasteiger partial charge in [-0.3, -0.25) is 19.7 Å². The quantitative estimate of drug-likeness (QED) is 0.624. The van der Waals surface area contributed by atoms with Crippen LogP contribution in [0.5, 0.6) is 0 Å². The van der Waals surface area contributed by atoms with Gasteiger partial charge in [-0.15, -0.1) is 0 Å². The van der Waals surface area contributed by atoms with Gasteiger partial charge in [0.15, 0.2) is 0 Å². The molecule has 2 amide bonds. The SMILES string of the molecule is Cc1c(C(=O)NCc2ccc(C(=O)N(C)C(C)C)cc2)cccc1[N+](=O)[O-]. The highest BCUT2D eigenvalue weighted by Crippen LogP contribution is 2.21. The number of benzene rings is 2.